The van der Waals surface area contributed by atoms with Crippen LogP contribution in [0.15, 0.2) is 41.8 Å². The fourth-order valence-corrected chi connectivity index (χ4v) is 2.47. The van der Waals surface area contributed by atoms with Crippen LogP contribution in [0.25, 0.3) is 0 Å². The van der Waals surface area contributed by atoms with Gasteiger partial charge in [0.25, 0.3) is 5.91 Å². The second-order valence-corrected chi connectivity index (χ2v) is 6.97. The third-order valence-electron chi connectivity index (χ3n) is 2.81. The van der Waals surface area contributed by atoms with Crippen LogP contribution < -0.4 is 15.8 Å². The maximum Gasteiger partial charge on any atom is 0.251 e. The van der Waals surface area contributed by atoms with E-state index in [0.29, 0.717) is 12.1 Å². The van der Waals surface area contributed by atoms with Crippen LogP contribution in [0.2, 0.25) is 0 Å². The molecule has 0 unspecified atom stereocenters. The van der Waals surface area contributed by atoms with Crippen LogP contribution in [0.5, 0.6) is 0 Å². The minimum Gasteiger partial charge on any atom is -0.346 e. The number of hydrogen-bond acceptors (Lipinski definition) is 4. The van der Waals surface area contributed by atoms with E-state index in [-0.39, 0.29) is 17.3 Å². The van der Waals surface area contributed by atoms with E-state index in [4.69, 9.17) is 5.73 Å². The third-order valence-corrected chi connectivity index (χ3v) is 4.25. The number of nitrogens with two attached hydrogens (primary N) is 1. The third kappa shape index (κ3) is 4.96. The van der Waals surface area contributed by atoms with Gasteiger partial charge in [0, 0.05) is 24.2 Å². The molecule has 21 heavy (non-hydrogen) atoms. The van der Waals surface area contributed by atoms with Gasteiger partial charge < -0.3 is 11.1 Å². The lowest BCUT2D eigenvalue weighted by Crippen LogP contribution is -2.48. The van der Waals surface area contributed by atoms with Crippen molar-refractivity contribution < 1.29 is 13.2 Å². The minimum absolute atomic E-state index is 0.0963. The van der Waals surface area contributed by atoms with E-state index in [9.17, 15) is 13.2 Å². The number of benzene rings is 1. The number of carbonyl (C=O) groups excluding carboxylic acids is 1. The number of amides is 1. The molecule has 116 valence electrons. The molecule has 1 aromatic carbocycles. The number of hydrogen-bond donors (Lipinski definition) is 3. The van der Waals surface area contributed by atoms with Crippen LogP contribution in [0.1, 0.15) is 24.2 Å². The standard InChI is InChI=1S/C14H21N3O3S/c1-4-9-16-21(19,20)12-7-5-11(6-8-12)13(18)17-14(2,3)10-15/h4-8,16H,1,9-10,15H2,2-3H3,(H,17,18). The molecule has 0 radical (unpaired) electrons. The molecule has 0 aliphatic heterocycles. The first-order valence-electron chi connectivity index (χ1n) is 6.45. The molecule has 1 aromatic rings. The van der Waals surface area contributed by atoms with E-state index in [1.165, 1.54) is 30.3 Å². The summed E-state index contributed by atoms with van der Waals surface area (Å²) >= 11 is 0. The van der Waals surface area contributed by atoms with E-state index in [2.05, 4.69) is 16.6 Å². The molecule has 0 atom stereocenters. The summed E-state index contributed by atoms with van der Waals surface area (Å²) in [5.74, 6) is -0.298. The molecule has 0 spiro atoms. The molecule has 0 fully saturated rings. The van der Waals surface area contributed by atoms with Crippen LogP contribution in [-0.2, 0) is 10.0 Å². The van der Waals surface area contributed by atoms with Gasteiger partial charge in [-0.2, -0.15) is 0 Å². The Labute approximate surface area is 125 Å². The molecule has 0 aromatic heterocycles. The topological polar surface area (TPSA) is 101 Å². The van der Waals surface area contributed by atoms with Gasteiger partial charge in [0.2, 0.25) is 10.0 Å². The van der Waals surface area contributed by atoms with Gasteiger partial charge in [-0.15, -0.1) is 6.58 Å². The van der Waals surface area contributed by atoms with Crippen molar-refractivity contribution in [3.63, 3.8) is 0 Å². The van der Waals surface area contributed by atoms with Gasteiger partial charge in [-0.1, -0.05) is 6.08 Å². The summed E-state index contributed by atoms with van der Waals surface area (Å²) in [6.07, 6.45) is 1.45. The highest BCUT2D eigenvalue weighted by Crippen LogP contribution is 2.11. The van der Waals surface area contributed by atoms with E-state index < -0.39 is 15.6 Å². The zero-order valence-electron chi connectivity index (χ0n) is 12.2. The Balaban J connectivity index is 2.88. The van der Waals surface area contributed by atoms with Crippen molar-refractivity contribution in [3.05, 3.63) is 42.5 Å². The van der Waals surface area contributed by atoms with Crippen molar-refractivity contribution in [2.24, 2.45) is 5.73 Å². The molecule has 6 nitrogen and oxygen atoms in total. The monoisotopic (exact) mass is 311 g/mol. The maximum atomic E-state index is 12.0. The first kappa shape index (κ1) is 17.4. The molecule has 1 amide bonds. The van der Waals surface area contributed by atoms with Gasteiger partial charge in [0.15, 0.2) is 0 Å². The first-order valence-corrected chi connectivity index (χ1v) is 7.93. The van der Waals surface area contributed by atoms with Crippen molar-refractivity contribution in [2.45, 2.75) is 24.3 Å². The minimum atomic E-state index is -3.58. The van der Waals surface area contributed by atoms with Crippen molar-refractivity contribution in [1.82, 2.24) is 10.0 Å². The molecule has 1 rings (SSSR count). The summed E-state index contributed by atoms with van der Waals surface area (Å²) < 4.78 is 26.1. The van der Waals surface area contributed by atoms with Crippen LogP contribution in [0.3, 0.4) is 0 Å². The number of carbonyl (C=O) groups is 1. The molecular weight excluding hydrogens is 290 g/mol. The first-order chi connectivity index (χ1) is 9.72. The average Bonchev–Trinajstić information content (AvgIpc) is 2.45. The Morgan fingerprint density at radius 1 is 1.33 bits per heavy atom. The van der Waals surface area contributed by atoms with E-state index in [1.54, 1.807) is 0 Å². The Morgan fingerprint density at radius 2 is 1.90 bits per heavy atom. The quantitative estimate of drug-likeness (QED) is 0.642. The molecular formula is C14H21N3O3S. The highest BCUT2D eigenvalue weighted by molar-refractivity contribution is 7.89. The smallest absolute Gasteiger partial charge is 0.251 e. The SMILES string of the molecule is C=CCNS(=O)(=O)c1ccc(C(=O)NC(C)(C)CN)cc1. The fraction of sp³-hybridized carbons (Fsp3) is 0.357. The molecule has 0 saturated heterocycles. The molecule has 0 aliphatic rings. The summed E-state index contributed by atoms with van der Waals surface area (Å²) in [4.78, 5) is 12.1. The summed E-state index contributed by atoms with van der Waals surface area (Å²) in [7, 11) is -3.58. The van der Waals surface area contributed by atoms with E-state index in [0.717, 1.165) is 0 Å². The van der Waals surface area contributed by atoms with E-state index >= 15 is 0 Å². The number of nitrogens with one attached hydrogen (secondary N) is 2. The van der Waals surface area contributed by atoms with Gasteiger partial charge in [-0.25, -0.2) is 13.1 Å². The lowest BCUT2D eigenvalue weighted by atomic mass is 10.1. The van der Waals surface area contributed by atoms with Crippen molar-refractivity contribution in [3.8, 4) is 0 Å². The Hall–Kier alpha value is -1.70. The molecule has 0 aliphatic carbocycles. The zero-order chi connectivity index (χ0) is 16.1. The maximum absolute atomic E-state index is 12.0. The summed E-state index contributed by atoms with van der Waals surface area (Å²) in [5.41, 5.74) is 5.40. The summed E-state index contributed by atoms with van der Waals surface area (Å²) in [5, 5.41) is 2.77. The molecule has 0 bridgehead atoms. The normalized spacial score (nSPS) is 12.0. The van der Waals surface area contributed by atoms with Gasteiger partial charge >= 0.3 is 0 Å². The van der Waals surface area contributed by atoms with Crippen molar-refractivity contribution in [2.75, 3.05) is 13.1 Å². The van der Waals surface area contributed by atoms with Crippen LogP contribution in [0, 0.1) is 0 Å². The molecule has 4 N–H and O–H groups in total. The summed E-state index contributed by atoms with van der Waals surface area (Å²) in [6.45, 7) is 7.51. The second-order valence-electron chi connectivity index (χ2n) is 5.21. The lowest BCUT2D eigenvalue weighted by molar-refractivity contribution is 0.0915. The van der Waals surface area contributed by atoms with Crippen LogP contribution >= 0.6 is 0 Å². The van der Waals surface area contributed by atoms with Gasteiger partial charge in [0.05, 0.1) is 4.90 Å². The number of sulfonamides is 1. The average molecular weight is 311 g/mol. The van der Waals surface area contributed by atoms with Gasteiger partial charge in [-0.05, 0) is 38.1 Å². The lowest BCUT2D eigenvalue weighted by Gasteiger charge is -2.24. The predicted octanol–water partition coefficient (Wildman–Crippen LogP) is 0.618. The highest BCUT2D eigenvalue weighted by atomic mass is 32.2. The van der Waals surface area contributed by atoms with Crippen LogP contribution in [0.4, 0.5) is 0 Å². The number of rotatable bonds is 7. The molecule has 0 heterocycles. The van der Waals surface area contributed by atoms with Crippen LogP contribution in [-0.4, -0.2) is 33.0 Å². The fourth-order valence-electron chi connectivity index (χ4n) is 1.47. The Morgan fingerprint density at radius 3 is 2.38 bits per heavy atom. The largest absolute Gasteiger partial charge is 0.346 e. The molecule has 7 heteroatoms. The van der Waals surface area contributed by atoms with Gasteiger partial charge in [0.1, 0.15) is 0 Å². The van der Waals surface area contributed by atoms with Gasteiger partial charge in [-0.3, -0.25) is 4.79 Å². The zero-order valence-corrected chi connectivity index (χ0v) is 13.0. The molecule has 0 saturated carbocycles. The van der Waals surface area contributed by atoms with E-state index in [1.807, 2.05) is 13.8 Å². The summed E-state index contributed by atoms with van der Waals surface area (Å²) in [6, 6.07) is 5.69. The highest BCUT2D eigenvalue weighted by Gasteiger charge is 2.20. The second kappa shape index (κ2) is 6.84. The van der Waals surface area contributed by atoms with Crippen molar-refractivity contribution >= 4 is 15.9 Å². The Kier molecular flexibility index (Phi) is 5.65. The predicted molar refractivity (Wildman–Crippen MR) is 82.4 cm³/mol. The Bertz CT molecular complexity index is 607. The van der Waals surface area contributed by atoms with Crippen molar-refractivity contribution in [1.29, 1.82) is 0 Å².